The van der Waals surface area contributed by atoms with Gasteiger partial charge in [0.15, 0.2) is 0 Å². The van der Waals surface area contributed by atoms with Crippen molar-refractivity contribution in [2.24, 2.45) is 0 Å². The van der Waals surface area contributed by atoms with Gasteiger partial charge in [-0.2, -0.15) is 0 Å². The number of carbonyl (C=O) groups excluding carboxylic acids is 1. The van der Waals surface area contributed by atoms with E-state index in [1.807, 2.05) is 43.3 Å². The van der Waals surface area contributed by atoms with Crippen molar-refractivity contribution < 1.29 is 33.6 Å². The van der Waals surface area contributed by atoms with Gasteiger partial charge in [-0.1, -0.05) is 36.4 Å². The Morgan fingerprint density at radius 3 is 1.95 bits per heavy atom. The molecule has 0 radical (unpaired) electrons. The van der Waals surface area contributed by atoms with Gasteiger partial charge in [-0.3, -0.25) is 19.6 Å². The van der Waals surface area contributed by atoms with E-state index < -0.39 is 5.97 Å². The van der Waals surface area contributed by atoms with Crippen LogP contribution in [0.5, 0.6) is 0 Å². The van der Waals surface area contributed by atoms with E-state index in [-0.39, 0.29) is 11.7 Å². The Bertz CT molecular complexity index is 1290. The molecule has 1 atom stereocenters. The number of hydrogen-bond donors (Lipinski definition) is 1. The van der Waals surface area contributed by atoms with Crippen molar-refractivity contribution in [1.29, 1.82) is 0 Å². The molecule has 1 N–H and O–H groups in total. The molecule has 1 aliphatic heterocycles. The summed E-state index contributed by atoms with van der Waals surface area (Å²) < 4.78 is 23.7. The van der Waals surface area contributed by atoms with Gasteiger partial charge in [-0.25, -0.2) is 9.78 Å². The van der Waals surface area contributed by atoms with Gasteiger partial charge in [0, 0.05) is 44.0 Å². The average Bonchev–Trinajstić information content (AvgIpc) is 3.03. The van der Waals surface area contributed by atoms with E-state index in [1.165, 1.54) is 6.07 Å². The second kappa shape index (κ2) is 18.3. The Kier molecular flexibility index (Phi) is 13.8. The molecule has 1 fully saturated rings. The smallest absolute Gasteiger partial charge is 0.354 e. The SMILES string of the molecule is Cc1cccc(CN2CCOCCOCCN(C(c3ccc(C=O)cc3)c3cccc(C(=O)O)n3)CCOCCOCC2)n1. The summed E-state index contributed by atoms with van der Waals surface area (Å²) in [6, 6.07) is 17.9. The van der Waals surface area contributed by atoms with Crippen LogP contribution in [0.1, 0.15) is 49.5 Å². The normalized spacial score (nSPS) is 18.1. The number of aryl methyl sites for hydroxylation is 1. The predicted octanol–water partition coefficient (Wildman–Crippen LogP) is 3.27. The maximum atomic E-state index is 11.7. The fraction of sp³-hybridized carbons (Fsp3) is 0.455. The zero-order chi connectivity index (χ0) is 31.0. The lowest BCUT2D eigenvalue weighted by Crippen LogP contribution is -2.36. The zero-order valence-corrected chi connectivity index (χ0v) is 25.3. The van der Waals surface area contributed by atoms with E-state index in [0.29, 0.717) is 77.2 Å². The summed E-state index contributed by atoms with van der Waals surface area (Å²) in [6.07, 6.45) is 0.795. The molecule has 1 aliphatic rings. The standard InChI is InChI=1S/C33H42N4O7/c1-26-4-2-5-29(34-26)24-36-12-16-41-20-22-43-18-14-37(15-19-44-23-21-42-17-13-36)32(28-10-8-27(25-38)9-11-28)30-6-3-7-31(35-30)33(39)40/h2-11,25,32H,12-24H2,1H3,(H,39,40). The van der Waals surface area contributed by atoms with Gasteiger partial charge in [-0.05, 0) is 36.8 Å². The van der Waals surface area contributed by atoms with Crippen molar-refractivity contribution in [1.82, 2.24) is 19.8 Å². The summed E-state index contributed by atoms with van der Waals surface area (Å²) in [5, 5.41) is 9.59. The highest BCUT2D eigenvalue weighted by molar-refractivity contribution is 5.85. The highest BCUT2D eigenvalue weighted by atomic mass is 16.5. The highest BCUT2D eigenvalue weighted by Crippen LogP contribution is 2.28. The van der Waals surface area contributed by atoms with Crippen LogP contribution in [0, 0.1) is 6.92 Å². The Balaban J connectivity index is 1.42. The zero-order valence-electron chi connectivity index (χ0n) is 25.3. The number of carboxylic acid groups (broad SMARTS) is 1. The first-order valence-electron chi connectivity index (χ1n) is 15.0. The van der Waals surface area contributed by atoms with Crippen LogP contribution < -0.4 is 0 Å². The molecular formula is C33H42N4O7. The minimum Gasteiger partial charge on any atom is -0.477 e. The first-order valence-corrected chi connectivity index (χ1v) is 15.0. The maximum Gasteiger partial charge on any atom is 0.354 e. The van der Waals surface area contributed by atoms with Crippen molar-refractivity contribution in [2.45, 2.75) is 19.5 Å². The second-order valence-electron chi connectivity index (χ2n) is 10.5. The van der Waals surface area contributed by atoms with Gasteiger partial charge in [0.1, 0.15) is 12.0 Å². The molecule has 4 rings (SSSR count). The summed E-state index contributed by atoms with van der Waals surface area (Å²) in [7, 11) is 0. The molecule has 0 saturated carbocycles. The van der Waals surface area contributed by atoms with Crippen LogP contribution >= 0.6 is 0 Å². The van der Waals surface area contributed by atoms with E-state index in [0.717, 1.165) is 42.9 Å². The van der Waals surface area contributed by atoms with Crippen LogP contribution in [0.4, 0.5) is 0 Å². The third kappa shape index (κ3) is 10.8. The number of benzene rings is 1. The number of aromatic carboxylic acids is 1. The first-order chi connectivity index (χ1) is 21.5. The average molecular weight is 607 g/mol. The fourth-order valence-corrected chi connectivity index (χ4v) is 5.00. The molecule has 0 amide bonds. The summed E-state index contributed by atoms with van der Waals surface area (Å²) in [4.78, 5) is 36.5. The van der Waals surface area contributed by atoms with Crippen molar-refractivity contribution in [3.8, 4) is 0 Å². The highest BCUT2D eigenvalue weighted by Gasteiger charge is 2.25. The van der Waals surface area contributed by atoms with Gasteiger partial charge < -0.3 is 24.1 Å². The number of hydrogen-bond acceptors (Lipinski definition) is 10. The topological polar surface area (TPSA) is 124 Å². The number of rotatable bonds is 7. The molecule has 1 saturated heterocycles. The van der Waals surface area contributed by atoms with E-state index >= 15 is 0 Å². The number of carboxylic acids is 1. The molecular weight excluding hydrogens is 564 g/mol. The van der Waals surface area contributed by atoms with Gasteiger partial charge >= 0.3 is 5.97 Å². The van der Waals surface area contributed by atoms with E-state index in [1.54, 1.807) is 18.2 Å². The van der Waals surface area contributed by atoms with Gasteiger partial charge in [0.2, 0.25) is 0 Å². The fourth-order valence-electron chi connectivity index (χ4n) is 5.00. The van der Waals surface area contributed by atoms with E-state index in [4.69, 9.17) is 18.9 Å². The molecule has 3 aromatic rings. The second-order valence-corrected chi connectivity index (χ2v) is 10.5. The lowest BCUT2D eigenvalue weighted by Gasteiger charge is -2.32. The quantitative estimate of drug-likeness (QED) is 0.399. The van der Waals surface area contributed by atoms with Gasteiger partial charge in [-0.15, -0.1) is 0 Å². The summed E-state index contributed by atoms with van der Waals surface area (Å²) in [5.41, 5.74) is 4.01. The maximum absolute atomic E-state index is 11.7. The van der Waals surface area contributed by atoms with Crippen LogP contribution in [0.25, 0.3) is 0 Å². The molecule has 0 bridgehead atoms. The number of aromatic nitrogens is 2. The molecule has 2 aromatic heterocycles. The Hall–Kier alpha value is -3.58. The van der Waals surface area contributed by atoms with E-state index in [9.17, 15) is 14.7 Å². The van der Waals surface area contributed by atoms with Crippen LogP contribution in [-0.4, -0.2) is 116 Å². The number of aldehydes is 1. The number of carbonyl (C=O) groups is 2. The predicted molar refractivity (Wildman–Crippen MR) is 164 cm³/mol. The van der Waals surface area contributed by atoms with Crippen molar-refractivity contribution in [2.75, 3.05) is 79.0 Å². The van der Waals surface area contributed by atoms with Crippen molar-refractivity contribution in [3.63, 3.8) is 0 Å². The van der Waals surface area contributed by atoms with Crippen molar-refractivity contribution in [3.05, 3.63) is 94.6 Å². The number of ether oxygens (including phenoxy) is 4. The summed E-state index contributed by atoms with van der Waals surface area (Å²) >= 11 is 0. The monoisotopic (exact) mass is 606 g/mol. The molecule has 11 nitrogen and oxygen atoms in total. The van der Waals surface area contributed by atoms with Crippen molar-refractivity contribution >= 4 is 12.3 Å². The third-order valence-electron chi connectivity index (χ3n) is 7.25. The Morgan fingerprint density at radius 1 is 0.795 bits per heavy atom. The lowest BCUT2D eigenvalue weighted by molar-refractivity contribution is 0.00331. The van der Waals surface area contributed by atoms with Crippen LogP contribution in [0.15, 0.2) is 60.7 Å². The lowest BCUT2D eigenvalue weighted by atomic mass is 9.99. The van der Waals surface area contributed by atoms with Gasteiger partial charge in [0.05, 0.1) is 70.3 Å². The minimum atomic E-state index is -1.09. The van der Waals surface area contributed by atoms with Crippen LogP contribution in [0.3, 0.4) is 0 Å². The number of nitrogens with zero attached hydrogens (tertiary/aromatic N) is 4. The van der Waals surface area contributed by atoms with Crippen LogP contribution in [0.2, 0.25) is 0 Å². The molecule has 0 aliphatic carbocycles. The van der Waals surface area contributed by atoms with Gasteiger partial charge in [0.25, 0.3) is 0 Å². The molecule has 0 spiro atoms. The van der Waals surface area contributed by atoms with E-state index in [2.05, 4.69) is 19.8 Å². The largest absolute Gasteiger partial charge is 0.477 e. The Morgan fingerprint density at radius 2 is 1.39 bits per heavy atom. The molecule has 1 aromatic carbocycles. The molecule has 11 heteroatoms. The number of pyridine rings is 2. The molecule has 3 heterocycles. The van der Waals surface area contributed by atoms with Crippen LogP contribution in [-0.2, 0) is 25.5 Å². The summed E-state index contributed by atoms with van der Waals surface area (Å²) in [5.74, 6) is -1.09. The molecule has 1 unspecified atom stereocenters. The summed E-state index contributed by atoms with van der Waals surface area (Å²) in [6.45, 7) is 9.09. The minimum absolute atomic E-state index is 0.0334. The third-order valence-corrected chi connectivity index (χ3v) is 7.25. The Labute approximate surface area is 258 Å². The molecule has 236 valence electrons. The molecule has 44 heavy (non-hydrogen) atoms. The first kappa shape index (κ1) is 33.3.